The molecule has 0 radical (unpaired) electrons. The number of carbonyl (C=O) groups is 2. The van der Waals surface area contributed by atoms with Gasteiger partial charge in [0, 0.05) is 25.5 Å². The first kappa shape index (κ1) is 18.0. The van der Waals surface area contributed by atoms with Crippen molar-refractivity contribution >= 4 is 22.7 Å². The summed E-state index contributed by atoms with van der Waals surface area (Å²) in [6.45, 7) is 4.94. The first-order valence-corrected chi connectivity index (χ1v) is 9.06. The summed E-state index contributed by atoms with van der Waals surface area (Å²) in [5.74, 6) is 0.655. The van der Waals surface area contributed by atoms with Crippen molar-refractivity contribution in [3.63, 3.8) is 0 Å². The number of oxazole rings is 1. The van der Waals surface area contributed by atoms with Crippen molar-refractivity contribution in [1.29, 1.82) is 0 Å². The Balaban J connectivity index is 1.33. The maximum Gasteiger partial charge on any atom is 0.246 e. The van der Waals surface area contributed by atoms with Gasteiger partial charge in [-0.3, -0.25) is 14.3 Å². The molecule has 1 N–H and O–H groups in total. The lowest BCUT2D eigenvalue weighted by Crippen LogP contribution is -2.48. The van der Waals surface area contributed by atoms with E-state index in [1.165, 1.54) is 12.5 Å². The number of aromatic nitrogens is 3. The van der Waals surface area contributed by atoms with E-state index in [0.717, 1.165) is 22.2 Å². The molecule has 0 bridgehead atoms. The summed E-state index contributed by atoms with van der Waals surface area (Å²) in [7, 11) is 1.89. The molecule has 0 unspecified atom stereocenters. The Morgan fingerprint density at radius 2 is 2.21 bits per heavy atom. The highest BCUT2D eigenvalue weighted by Crippen LogP contribution is 2.29. The van der Waals surface area contributed by atoms with E-state index in [9.17, 15) is 9.59 Å². The van der Waals surface area contributed by atoms with Crippen molar-refractivity contribution in [2.45, 2.75) is 18.9 Å². The molecule has 2 aromatic heterocycles. The Morgan fingerprint density at radius 3 is 3.00 bits per heavy atom. The van der Waals surface area contributed by atoms with Gasteiger partial charge in [-0.25, -0.2) is 4.98 Å². The van der Waals surface area contributed by atoms with Gasteiger partial charge < -0.3 is 14.6 Å². The fourth-order valence-corrected chi connectivity index (χ4v) is 3.45. The van der Waals surface area contributed by atoms with Crippen LogP contribution in [0, 0.1) is 0 Å². The first-order chi connectivity index (χ1) is 13.5. The third-order valence-electron chi connectivity index (χ3n) is 5.04. The topological polar surface area (TPSA) is 93.3 Å². The summed E-state index contributed by atoms with van der Waals surface area (Å²) in [5.41, 5.74) is 2.66. The molecule has 28 heavy (non-hydrogen) atoms. The molecule has 0 aliphatic carbocycles. The van der Waals surface area contributed by atoms with Crippen LogP contribution in [0.2, 0.25) is 0 Å². The second-order valence-electron chi connectivity index (χ2n) is 6.92. The highest BCUT2D eigenvalue weighted by Gasteiger charge is 2.34. The number of benzene rings is 1. The average Bonchev–Trinajstić information content (AvgIpc) is 3.25. The molecule has 4 rings (SSSR count). The maximum absolute atomic E-state index is 12.3. The quantitative estimate of drug-likeness (QED) is 0.656. The van der Waals surface area contributed by atoms with Gasteiger partial charge in [0.1, 0.15) is 11.5 Å². The van der Waals surface area contributed by atoms with E-state index in [1.54, 1.807) is 15.8 Å². The number of fused-ring (bicyclic) bond motifs is 1. The van der Waals surface area contributed by atoms with Gasteiger partial charge in [-0.1, -0.05) is 12.6 Å². The lowest BCUT2D eigenvalue weighted by Gasteiger charge is -2.37. The molecule has 1 saturated heterocycles. The van der Waals surface area contributed by atoms with Crippen LogP contribution < -0.4 is 5.32 Å². The van der Waals surface area contributed by atoms with E-state index in [1.807, 2.05) is 25.2 Å². The predicted molar refractivity (Wildman–Crippen MR) is 102 cm³/mol. The highest BCUT2D eigenvalue weighted by atomic mass is 16.3. The molecule has 1 aliphatic rings. The molecule has 8 heteroatoms. The van der Waals surface area contributed by atoms with Crippen molar-refractivity contribution in [2.24, 2.45) is 7.05 Å². The van der Waals surface area contributed by atoms with E-state index in [0.29, 0.717) is 25.3 Å². The van der Waals surface area contributed by atoms with Gasteiger partial charge in [0.05, 0.1) is 30.6 Å². The minimum absolute atomic E-state index is 0.0868. The van der Waals surface area contributed by atoms with Gasteiger partial charge in [-0.2, -0.15) is 5.10 Å². The molecule has 2 amide bonds. The van der Waals surface area contributed by atoms with Gasteiger partial charge >= 0.3 is 0 Å². The molecule has 1 aliphatic heterocycles. The molecular formula is C20H21N5O3. The van der Waals surface area contributed by atoms with Crippen molar-refractivity contribution in [1.82, 2.24) is 25.0 Å². The molecule has 1 fully saturated rings. The summed E-state index contributed by atoms with van der Waals surface area (Å²) < 4.78 is 7.30. The van der Waals surface area contributed by atoms with Gasteiger partial charge in [-0.05, 0) is 23.8 Å². The van der Waals surface area contributed by atoms with Crippen LogP contribution in [0.25, 0.3) is 10.9 Å². The van der Waals surface area contributed by atoms with Crippen molar-refractivity contribution < 1.29 is 14.0 Å². The monoisotopic (exact) mass is 379 g/mol. The van der Waals surface area contributed by atoms with Crippen molar-refractivity contribution in [3.05, 3.63) is 60.5 Å². The second-order valence-corrected chi connectivity index (χ2v) is 6.92. The van der Waals surface area contributed by atoms with Crippen LogP contribution in [0.3, 0.4) is 0 Å². The van der Waals surface area contributed by atoms with Crippen LogP contribution in [0.5, 0.6) is 0 Å². The van der Waals surface area contributed by atoms with Gasteiger partial charge in [0.25, 0.3) is 0 Å². The molecule has 3 aromatic rings. The normalized spacial score (nSPS) is 14.1. The summed E-state index contributed by atoms with van der Waals surface area (Å²) in [5, 5.41) is 8.12. The highest BCUT2D eigenvalue weighted by molar-refractivity contribution is 5.87. The SMILES string of the molecule is C=CC(=O)N1CC(c2ocnc2CNC(=O)Cc2ccc3c(cnn3C)c2)C1. The number of aryl methyl sites for hydroxylation is 1. The largest absolute Gasteiger partial charge is 0.448 e. The van der Waals surface area contributed by atoms with E-state index < -0.39 is 0 Å². The molecule has 0 atom stereocenters. The zero-order chi connectivity index (χ0) is 19.7. The van der Waals surface area contributed by atoms with E-state index in [2.05, 4.69) is 22.0 Å². The zero-order valence-electron chi connectivity index (χ0n) is 15.6. The van der Waals surface area contributed by atoms with Crippen molar-refractivity contribution in [2.75, 3.05) is 13.1 Å². The average molecular weight is 379 g/mol. The van der Waals surface area contributed by atoms with Crippen LogP contribution >= 0.6 is 0 Å². The number of nitrogens with zero attached hydrogens (tertiary/aromatic N) is 4. The minimum atomic E-state index is -0.0886. The number of amides is 2. The lowest BCUT2D eigenvalue weighted by molar-refractivity contribution is -0.130. The van der Waals surface area contributed by atoms with E-state index in [4.69, 9.17) is 4.42 Å². The molecular weight excluding hydrogens is 358 g/mol. The third-order valence-corrected chi connectivity index (χ3v) is 5.04. The standard InChI is InChI=1S/C20H21N5O3/c1-3-19(27)25-10-15(11-25)20-16(22-12-28-20)9-21-18(26)7-13-4-5-17-14(6-13)8-23-24(17)2/h3-6,8,12,15H,1,7,9-11H2,2H3,(H,21,26). The lowest BCUT2D eigenvalue weighted by atomic mass is 9.95. The van der Waals surface area contributed by atoms with Crippen LogP contribution in [-0.2, 0) is 29.6 Å². The fraction of sp³-hybridized carbons (Fsp3) is 0.300. The maximum atomic E-state index is 12.3. The number of likely N-dealkylation sites (tertiary alicyclic amines) is 1. The second kappa shape index (κ2) is 7.30. The van der Waals surface area contributed by atoms with E-state index >= 15 is 0 Å². The molecule has 0 spiro atoms. The van der Waals surface area contributed by atoms with Gasteiger partial charge in [-0.15, -0.1) is 0 Å². The predicted octanol–water partition coefficient (Wildman–Crippen LogP) is 1.53. The van der Waals surface area contributed by atoms with Gasteiger partial charge in [0.2, 0.25) is 11.8 Å². The van der Waals surface area contributed by atoms with Crippen LogP contribution in [-0.4, -0.2) is 44.6 Å². The summed E-state index contributed by atoms with van der Waals surface area (Å²) in [6.07, 6.45) is 4.76. The Kier molecular flexibility index (Phi) is 4.68. The summed E-state index contributed by atoms with van der Waals surface area (Å²) in [6, 6.07) is 5.88. The Labute approximate surface area is 161 Å². The molecule has 144 valence electrons. The van der Waals surface area contributed by atoms with Crippen LogP contribution in [0.4, 0.5) is 0 Å². The molecule has 1 aromatic carbocycles. The summed E-state index contributed by atoms with van der Waals surface area (Å²) in [4.78, 5) is 29.8. The van der Waals surface area contributed by atoms with Crippen molar-refractivity contribution in [3.8, 4) is 0 Å². The summed E-state index contributed by atoms with van der Waals surface area (Å²) >= 11 is 0. The third kappa shape index (κ3) is 3.40. The van der Waals surface area contributed by atoms with E-state index in [-0.39, 0.29) is 24.2 Å². The Bertz CT molecular complexity index is 1050. The number of nitrogens with one attached hydrogen (secondary N) is 1. The molecule has 8 nitrogen and oxygen atoms in total. The minimum Gasteiger partial charge on any atom is -0.448 e. The van der Waals surface area contributed by atoms with Crippen LogP contribution in [0.1, 0.15) is 22.9 Å². The van der Waals surface area contributed by atoms with Gasteiger partial charge in [0.15, 0.2) is 6.39 Å². The zero-order valence-corrected chi connectivity index (χ0v) is 15.6. The number of rotatable bonds is 6. The Morgan fingerprint density at radius 1 is 1.39 bits per heavy atom. The molecule has 3 heterocycles. The number of hydrogen-bond donors (Lipinski definition) is 1. The smallest absolute Gasteiger partial charge is 0.246 e. The first-order valence-electron chi connectivity index (χ1n) is 9.06. The number of carbonyl (C=O) groups excluding carboxylic acids is 2. The fourth-order valence-electron chi connectivity index (χ4n) is 3.45. The van der Waals surface area contributed by atoms with Crippen LogP contribution in [0.15, 0.2) is 47.9 Å². The molecule has 0 saturated carbocycles. The Hall–Kier alpha value is -3.42. The number of hydrogen-bond acceptors (Lipinski definition) is 5.